The van der Waals surface area contributed by atoms with Gasteiger partial charge in [-0.25, -0.2) is 0 Å². The summed E-state index contributed by atoms with van der Waals surface area (Å²) < 4.78 is 11.0. The molecule has 1 amide bonds. The van der Waals surface area contributed by atoms with E-state index in [1.54, 1.807) is 6.07 Å². The zero-order valence-electron chi connectivity index (χ0n) is 17.0. The molecule has 0 spiro atoms. The zero-order chi connectivity index (χ0) is 21.1. The van der Waals surface area contributed by atoms with Crippen LogP contribution in [0.3, 0.4) is 0 Å². The molecule has 2 aromatic carbocycles. The number of rotatable bonds is 8. The molecule has 0 bridgehead atoms. The molecule has 4 rings (SSSR count). The predicted molar refractivity (Wildman–Crippen MR) is 114 cm³/mol. The van der Waals surface area contributed by atoms with Crippen molar-refractivity contribution >= 4 is 17.5 Å². The van der Waals surface area contributed by atoms with Crippen molar-refractivity contribution in [2.45, 2.75) is 38.6 Å². The average molecular weight is 426 g/mol. The summed E-state index contributed by atoms with van der Waals surface area (Å²) in [7, 11) is 0. The number of carbonyl (C=O) groups excluding carboxylic acids is 1. The van der Waals surface area contributed by atoms with Crippen LogP contribution in [0.2, 0.25) is 5.02 Å². The monoisotopic (exact) mass is 425 g/mol. The fourth-order valence-electron chi connectivity index (χ4n) is 3.18. The average Bonchev–Trinajstić information content (AvgIpc) is 3.49. The van der Waals surface area contributed by atoms with E-state index in [0.29, 0.717) is 22.6 Å². The third-order valence-electron chi connectivity index (χ3n) is 5.05. The van der Waals surface area contributed by atoms with Crippen LogP contribution >= 0.6 is 11.6 Å². The summed E-state index contributed by atoms with van der Waals surface area (Å²) >= 11 is 6.36. The van der Waals surface area contributed by atoms with Gasteiger partial charge in [0, 0.05) is 5.92 Å². The second-order valence-corrected chi connectivity index (χ2v) is 8.26. The number of benzene rings is 2. The maximum Gasteiger partial charge on any atom is 0.258 e. The Hall–Kier alpha value is -2.86. The van der Waals surface area contributed by atoms with Gasteiger partial charge < -0.3 is 14.6 Å². The summed E-state index contributed by atoms with van der Waals surface area (Å²) in [6.07, 6.45) is 2.19. The molecule has 1 atom stereocenters. The molecule has 6 nitrogen and oxygen atoms in total. The first-order valence-electron chi connectivity index (χ1n) is 10.1. The lowest BCUT2D eigenvalue weighted by molar-refractivity contribution is -0.124. The Bertz CT molecular complexity index is 1020. The van der Waals surface area contributed by atoms with Gasteiger partial charge in [-0.2, -0.15) is 4.98 Å². The SMILES string of the molecule is CC(C)C(NC(=O)COc1ccc(-c2ccccc2)cc1Cl)c1nc(C2CC2)no1. The van der Waals surface area contributed by atoms with Crippen molar-refractivity contribution in [1.29, 1.82) is 0 Å². The lowest BCUT2D eigenvalue weighted by Crippen LogP contribution is -2.35. The summed E-state index contributed by atoms with van der Waals surface area (Å²) in [5.74, 6) is 1.84. The molecule has 1 fully saturated rings. The Kier molecular flexibility index (Phi) is 6.04. The van der Waals surface area contributed by atoms with E-state index in [1.807, 2.05) is 56.3 Å². The van der Waals surface area contributed by atoms with Crippen LogP contribution in [-0.2, 0) is 4.79 Å². The van der Waals surface area contributed by atoms with Crippen molar-refractivity contribution < 1.29 is 14.1 Å². The molecular weight excluding hydrogens is 402 g/mol. The van der Waals surface area contributed by atoms with Crippen molar-refractivity contribution in [1.82, 2.24) is 15.5 Å². The van der Waals surface area contributed by atoms with Crippen LogP contribution in [0.15, 0.2) is 53.1 Å². The lowest BCUT2D eigenvalue weighted by Gasteiger charge is -2.18. The van der Waals surface area contributed by atoms with Gasteiger partial charge in [-0.1, -0.05) is 67.0 Å². The highest BCUT2D eigenvalue weighted by Crippen LogP contribution is 2.38. The van der Waals surface area contributed by atoms with Gasteiger partial charge in [0.05, 0.1) is 5.02 Å². The normalized spacial score (nSPS) is 14.5. The Morgan fingerprint density at radius 1 is 1.20 bits per heavy atom. The fraction of sp³-hybridized carbons (Fsp3) is 0.348. The topological polar surface area (TPSA) is 77.2 Å². The molecule has 0 radical (unpaired) electrons. The van der Waals surface area contributed by atoms with Crippen molar-refractivity contribution in [2.75, 3.05) is 6.61 Å². The molecule has 156 valence electrons. The third kappa shape index (κ3) is 4.82. The van der Waals surface area contributed by atoms with E-state index in [1.165, 1.54) is 0 Å². The molecule has 3 aromatic rings. The molecule has 1 aromatic heterocycles. The Labute approximate surface area is 180 Å². The molecule has 1 saturated carbocycles. The van der Waals surface area contributed by atoms with E-state index in [2.05, 4.69) is 15.5 Å². The number of hydrogen-bond donors (Lipinski definition) is 1. The van der Waals surface area contributed by atoms with E-state index in [0.717, 1.165) is 29.8 Å². The van der Waals surface area contributed by atoms with Gasteiger partial charge in [-0.15, -0.1) is 0 Å². The standard InChI is InChI=1S/C23H24ClN3O3/c1-14(2)21(23-26-22(27-30-23)16-8-9-16)25-20(28)13-29-19-11-10-17(12-18(19)24)15-6-4-3-5-7-15/h3-7,10-12,14,16,21H,8-9,13H2,1-2H3,(H,25,28). The van der Waals surface area contributed by atoms with E-state index in [-0.39, 0.29) is 24.5 Å². The quantitative estimate of drug-likeness (QED) is 0.539. The molecule has 0 saturated heterocycles. The number of carbonyl (C=O) groups is 1. The second-order valence-electron chi connectivity index (χ2n) is 7.85. The maximum absolute atomic E-state index is 12.5. The highest BCUT2D eigenvalue weighted by atomic mass is 35.5. The van der Waals surface area contributed by atoms with Gasteiger partial charge in [-0.3, -0.25) is 4.79 Å². The summed E-state index contributed by atoms with van der Waals surface area (Å²) in [5, 5.41) is 7.42. The van der Waals surface area contributed by atoms with Crippen LogP contribution in [0, 0.1) is 5.92 Å². The van der Waals surface area contributed by atoms with E-state index in [4.69, 9.17) is 20.9 Å². The third-order valence-corrected chi connectivity index (χ3v) is 5.34. The van der Waals surface area contributed by atoms with Crippen molar-refractivity contribution in [3.63, 3.8) is 0 Å². The minimum atomic E-state index is -0.364. The largest absolute Gasteiger partial charge is 0.482 e. The number of nitrogens with zero attached hydrogens (tertiary/aromatic N) is 2. The van der Waals surface area contributed by atoms with E-state index < -0.39 is 0 Å². The number of ether oxygens (including phenoxy) is 1. The van der Waals surface area contributed by atoms with E-state index in [9.17, 15) is 4.79 Å². The van der Waals surface area contributed by atoms with Crippen molar-refractivity contribution in [2.24, 2.45) is 5.92 Å². The number of halogens is 1. The molecule has 1 aliphatic carbocycles. The lowest BCUT2D eigenvalue weighted by atomic mass is 10.0. The van der Waals surface area contributed by atoms with Gasteiger partial charge >= 0.3 is 0 Å². The highest BCUT2D eigenvalue weighted by molar-refractivity contribution is 6.32. The van der Waals surface area contributed by atoms with E-state index >= 15 is 0 Å². The molecule has 30 heavy (non-hydrogen) atoms. The Morgan fingerprint density at radius 3 is 2.63 bits per heavy atom. The molecule has 7 heteroatoms. The first-order valence-corrected chi connectivity index (χ1v) is 10.5. The van der Waals surface area contributed by atoms with Gasteiger partial charge in [0.25, 0.3) is 5.91 Å². The molecule has 1 unspecified atom stereocenters. The van der Waals surface area contributed by atoms with Gasteiger partial charge in [0.2, 0.25) is 5.89 Å². The summed E-state index contributed by atoms with van der Waals surface area (Å²) in [5.41, 5.74) is 2.05. The molecule has 0 aliphatic heterocycles. The van der Waals surface area contributed by atoms with Crippen LogP contribution in [-0.4, -0.2) is 22.7 Å². The van der Waals surface area contributed by atoms with Crippen LogP contribution in [0.1, 0.15) is 50.4 Å². The van der Waals surface area contributed by atoms with Crippen LogP contribution in [0.5, 0.6) is 5.75 Å². The first kappa shape index (κ1) is 20.4. The Balaban J connectivity index is 1.37. The van der Waals surface area contributed by atoms with Crippen molar-refractivity contribution in [3.05, 3.63) is 65.3 Å². The predicted octanol–water partition coefficient (Wildman–Crippen LogP) is 5.16. The number of amides is 1. The van der Waals surface area contributed by atoms with Gasteiger partial charge in [0.15, 0.2) is 12.4 Å². The van der Waals surface area contributed by atoms with Gasteiger partial charge in [0.1, 0.15) is 11.8 Å². The minimum Gasteiger partial charge on any atom is -0.482 e. The van der Waals surface area contributed by atoms with Gasteiger partial charge in [-0.05, 0) is 42.0 Å². The zero-order valence-corrected chi connectivity index (χ0v) is 17.7. The number of aromatic nitrogens is 2. The Morgan fingerprint density at radius 2 is 1.97 bits per heavy atom. The maximum atomic E-state index is 12.5. The highest BCUT2D eigenvalue weighted by Gasteiger charge is 2.31. The van der Waals surface area contributed by atoms with Crippen LogP contribution in [0.25, 0.3) is 11.1 Å². The molecule has 1 aliphatic rings. The summed E-state index contributed by atoms with van der Waals surface area (Å²) in [6, 6.07) is 15.1. The molecule has 1 heterocycles. The van der Waals surface area contributed by atoms with Crippen LogP contribution < -0.4 is 10.1 Å². The first-order chi connectivity index (χ1) is 14.5. The molecule has 1 N–H and O–H groups in total. The van der Waals surface area contributed by atoms with Crippen LogP contribution in [0.4, 0.5) is 0 Å². The summed E-state index contributed by atoms with van der Waals surface area (Å²) in [6.45, 7) is 3.83. The fourth-order valence-corrected chi connectivity index (χ4v) is 3.42. The second kappa shape index (κ2) is 8.88. The minimum absolute atomic E-state index is 0.0928. The number of nitrogens with one attached hydrogen (secondary N) is 1. The molecular formula is C23H24ClN3O3. The smallest absolute Gasteiger partial charge is 0.258 e. The van der Waals surface area contributed by atoms with Crippen molar-refractivity contribution in [3.8, 4) is 16.9 Å². The number of hydrogen-bond acceptors (Lipinski definition) is 5. The summed E-state index contributed by atoms with van der Waals surface area (Å²) in [4.78, 5) is 17.0.